The van der Waals surface area contributed by atoms with Crippen LogP contribution in [0.2, 0.25) is 0 Å². The summed E-state index contributed by atoms with van der Waals surface area (Å²) in [5.74, 6) is -0.370. The summed E-state index contributed by atoms with van der Waals surface area (Å²) in [6.45, 7) is 2.42. The van der Waals surface area contributed by atoms with Crippen molar-refractivity contribution < 1.29 is 9.84 Å². The van der Waals surface area contributed by atoms with Gasteiger partial charge in [-0.25, -0.2) is 0 Å². The minimum absolute atomic E-state index is 0.0972. The fraction of sp³-hybridized carbons (Fsp3) is 1.00. The number of hydrogen-bond acceptors (Lipinski definition) is 2. The normalized spacial score (nSPS) is 63.7. The van der Waals surface area contributed by atoms with Gasteiger partial charge in [0.25, 0.3) is 0 Å². The third kappa shape index (κ3) is 0.578. The van der Waals surface area contributed by atoms with Crippen molar-refractivity contribution >= 4 is 15.9 Å². The molecule has 0 bridgehead atoms. The van der Waals surface area contributed by atoms with Gasteiger partial charge in [-0.1, -0.05) is 15.9 Å². The number of aliphatic hydroxyl groups is 1. The number of fused-ring (bicyclic) bond motifs is 1. The second-order valence-corrected chi connectivity index (χ2v) is 4.47. The van der Waals surface area contributed by atoms with Crippen LogP contribution < -0.4 is 0 Å². The Morgan fingerprint density at radius 1 is 1.78 bits per heavy atom. The Morgan fingerprint density at radius 3 is 2.56 bits per heavy atom. The van der Waals surface area contributed by atoms with Gasteiger partial charge in [0.05, 0.1) is 10.9 Å². The fourth-order valence-corrected chi connectivity index (χ4v) is 2.08. The molecule has 0 aromatic rings. The standard InChI is InChI=1S/C6H9BrO2/c1-5(8)6(7)2-4(6)3-9-5/h4,8H,2-3H2,1H3/t4-,5-,6+/m0/s1. The Balaban J connectivity index is 2.28. The van der Waals surface area contributed by atoms with Gasteiger partial charge in [0.2, 0.25) is 0 Å². The quantitative estimate of drug-likeness (QED) is 0.578. The van der Waals surface area contributed by atoms with E-state index in [-0.39, 0.29) is 4.32 Å². The fourth-order valence-electron chi connectivity index (χ4n) is 1.44. The van der Waals surface area contributed by atoms with Crippen LogP contribution in [-0.2, 0) is 4.74 Å². The van der Waals surface area contributed by atoms with Crippen molar-refractivity contribution in [1.29, 1.82) is 0 Å². The zero-order valence-electron chi connectivity index (χ0n) is 5.22. The second-order valence-electron chi connectivity index (χ2n) is 3.06. The van der Waals surface area contributed by atoms with E-state index < -0.39 is 5.79 Å². The van der Waals surface area contributed by atoms with Crippen LogP contribution in [0.4, 0.5) is 0 Å². The van der Waals surface area contributed by atoms with Gasteiger partial charge in [-0.2, -0.15) is 0 Å². The first kappa shape index (κ1) is 6.13. The Hall–Kier alpha value is 0.400. The van der Waals surface area contributed by atoms with Crippen molar-refractivity contribution in [1.82, 2.24) is 0 Å². The molecule has 2 rings (SSSR count). The molecule has 52 valence electrons. The number of halogens is 1. The first-order valence-electron chi connectivity index (χ1n) is 3.11. The van der Waals surface area contributed by atoms with E-state index in [4.69, 9.17) is 4.74 Å². The van der Waals surface area contributed by atoms with Crippen LogP contribution >= 0.6 is 15.9 Å². The third-order valence-electron chi connectivity index (χ3n) is 2.37. The van der Waals surface area contributed by atoms with Gasteiger partial charge < -0.3 is 9.84 Å². The maximum absolute atomic E-state index is 9.49. The molecule has 3 atom stereocenters. The van der Waals surface area contributed by atoms with Crippen LogP contribution in [0.1, 0.15) is 13.3 Å². The van der Waals surface area contributed by atoms with E-state index in [0.717, 1.165) is 6.42 Å². The van der Waals surface area contributed by atoms with Gasteiger partial charge in [-0.3, -0.25) is 0 Å². The van der Waals surface area contributed by atoms with Gasteiger partial charge >= 0.3 is 0 Å². The molecule has 0 aromatic heterocycles. The lowest BCUT2D eigenvalue weighted by atomic mass is 10.2. The first-order chi connectivity index (χ1) is 4.06. The van der Waals surface area contributed by atoms with E-state index in [0.29, 0.717) is 12.5 Å². The molecule has 1 saturated carbocycles. The monoisotopic (exact) mass is 192 g/mol. The van der Waals surface area contributed by atoms with E-state index in [1.165, 1.54) is 0 Å². The summed E-state index contributed by atoms with van der Waals surface area (Å²) in [6, 6.07) is 0. The molecule has 9 heavy (non-hydrogen) atoms. The molecule has 1 N–H and O–H groups in total. The van der Waals surface area contributed by atoms with Gasteiger partial charge in [0, 0.05) is 5.92 Å². The van der Waals surface area contributed by atoms with Crippen molar-refractivity contribution in [2.75, 3.05) is 6.61 Å². The Morgan fingerprint density at radius 2 is 2.44 bits per heavy atom. The predicted octanol–water partition coefficient (Wildman–Crippen LogP) is 0.879. The summed E-state index contributed by atoms with van der Waals surface area (Å²) in [5, 5.41) is 9.49. The average molecular weight is 193 g/mol. The third-order valence-corrected chi connectivity index (χ3v) is 4.07. The van der Waals surface area contributed by atoms with Crippen LogP contribution in [0.15, 0.2) is 0 Å². The highest BCUT2D eigenvalue weighted by Crippen LogP contribution is 2.62. The average Bonchev–Trinajstić information content (AvgIpc) is 2.34. The van der Waals surface area contributed by atoms with Crippen LogP contribution in [0, 0.1) is 5.92 Å². The molecule has 1 aliphatic heterocycles. The molecule has 0 amide bonds. The molecule has 2 aliphatic rings. The molecule has 2 fully saturated rings. The zero-order chi connectivity index (χ0) is 6.70. The van der Waals surface area contributed by atoms with Crippen molar-refractivity contribution in [2.45, 2.75) is 23.5 Å². The molecule has 0 unspecified atom stereocenters. The van der Waals surface area contributed by atoms with Crippen LogP contribution in [0.3, 0.4) is 0 Å². The maximum Gasteiger partial charge on any atom is 0.178 e. The lowest BCUT2D eigenvalue weighted by Gasteiger charge is -2.23. The molecule has 0 spiro atoms. The first-order valence-corrected chi connectivity index (χ1v) is 3.91. The molecule has 1 aliphatic carbocycles. The summed E-state index contributed by atoms with van der Waals surface area (Å²) >= 11 is 3.46. The maximum atomic E-state index is 9.49. The van der Waals surface area contributed by atoms with Crippen LogP contribution in [-0.4, -0.2) is 21.8 Å². The van der Waals surface area contributed by atoms with Gasteiger partial charge in [0.1, 0.15) is 0 Å². The lowest BCUT2D eigenvalue weighted by Crippen LogP contribution is -2.35. The molecule has 0 radical (unpaired) electrons. The Labute approximate surface area is 62.3 Å². The molecule has 0 aromatic carbocycles. The van der Waals surface area contributed by atoms with E-state index in [1.807, 2.05) is 0 Å². The number of hydrogen-bond donors (Lipinski definition) is 1. The highest BCUT2D eigenvalue weighted by Gasteiger charge is 2.69. The number of ether oxygens (including phenoxy) is 1. The zero-order valence-corrected chi connectivity index (χ0v) is 6.81. The topological polar surface area (TPSA) is 29.5 Å². The number of rotatable bonds is 0. The van der Waals surface area contributed by atoms with Crippen molar-refractivity contribution in [3.8, 4) is 0 Å². The smallest absolute Gasteiger partial charge is 0.178 e. The second kappa shape index (κ2) is 1.36. The van der Waals surface area contributed by atoms with Crippen molar-refractivity contribution in [2.24, 2.45) is 5.92 Å². The highest BCUT2D eigenvalue weighted by molar-refractivity contribution is 9.10. The van der Waals surface area contributed by atoms with Crippen LogP contribution in [0.25, 0.3) is 0 Å². The summed E-state index contributed by atoms with van der Waals surface area (Å²) < 4.78 is 5.02. The molecule has 1 heterocycles. The SMILES string of the molecule is C[C@]1(O)OC[C@@H]2C[C@@]21Br. The van der Waals surface area contributed by atoms with E-state index in [1.54, 1.807) is 6.92 Å². The van der Waals surface area contributed by atoms with E-state index >= 15 is 0 Å². The molecule has 1 saturated heterocycles. The minimum atomic E-state index is -0.919. The van der Waals surface area contributed by atoms with Gasteiger partial charge in [0.15, 0.2) is 5.79 Å². The Bertz CT molecular complexity index is 152. The predicted molar refractivity (Wildman–Crippen MR) is 36.3 cm³/mol. The largest absolute Gasteiger partial charge is 0.365 e. The summed E-state index contributed by atoms with van der Waals surface area (Å²) in [7, 11) is 0. The molecular formula is C6H9BrO2. The summed E-state index contributed by atoms with van der Waals surface area (Å²) in [4.78, 5) is 0. The van der Waals surface area contributed by atoms with E-state index in [9.17, 15) is 5.11 Å². The lowest BCUT2D eigenvalue weighted by molar-refractivity contribution is -0.168. The Kier molecular flexibility index (Phi) is 0.926. The van der Waals surface area contributed by atoms with Gasteiger partial charge in [-0.15, -0.1) is 0 Å². The van der Waals surface area contributed by atoms with Crippen LogP contribution in [0.5, 0.6) is 0 Å². The molecule has 3 heteroatoms. The minimum Gasteiger partial charge on any atom is -0.365 e. The molecule has 2 nitrogen and oxygen atoms in total. The van der Waals surface area contributed by atoms with Crippen molar-refractivity contribution in [3.63, 3.8) is 0 Å². The summed E-state index contributed by atoms with van der Waals surface area (Å²) in [6.07, 6.45) is 1.06. The summed E-state index contributed by atoms with van der Waals surface area (Å²) in [5.41, 5.74) is 0. The van der Waals surface area contributed by atoms with E-state index in [2.05, 4.69) is 15.9 Å². The number of alkyl halides is 1. The van der Waals surface area contributed by atoms with Crippen molar-refractivity contribution in [3.05, 3.63) is 0 Å². The van der Waals surface area contributed by atoms with Gasteiger partial charge in [-0.05, 0) is 13.3 Å². The highest BCUT2D eigenvalue weighted by atomic mass is 79.9. The molecular weight excluding hydrogens is 184 g/mol.